The average molecular weight is 377 g/mol. The Hall–Kier alpha value is -3.45. The van der Waals surface area contributed by atoms with Crippen molar-refractivity contribution in [2.45, 2.75) is 12.5 Å². The predicted molar refractivity (Wildman–Crippen MR) is 101 cm³/mol. The lowest BCUT2D eigenvalue weighted by Crippen LogP contribution is -2.42. The molecule has 28 heavy (non-hydrogen) atoms. The molecule has 2 fully saturated rings. The van der Waals surface area contributed by atoms with E-state index in [0.29, 0.717) is 29.3 Å². The monoisotopic (exact) mass is 377 g/mol. The van der Waals surface area contributed by atoms with Crippen molar-refractivity contribution in [1.29, 1.82) is 5.26 Å². The first-order chi connectivity index (χ1) is 13.6. The number of anilines is 2. The molecule has 10 nitrogen and oxygen atoms in total. The second-order valence-electron chi connectivity index (χ2n) is 7.36. The van der Waals surface area contributed by atoms with Crippen molar-refractivity contribution in [2.24, 2.45) is 13.0 Å². The van der Waals surface area contributed by atoms with E-state index in [1.807, 2.05) is 6.07 Å². The van der Waals surface area contributed by atoms with Crippen LogP contribution in [0.4, 0.5) is 11.6 Å². The minimum atomic E-state index is -0.352. The number of aromatic nitrogens is 5. The molecule has 3 aromatic heterocycles. The van der Waals surface area contributed by atoms with Gasteiger partial charge in [0.1, 0.15) is 11.8 Å². The Balaban J connectivity index is 1.45. The maximum atomic E-state index is 12.8. The fourth-order valence-electron chi connectivity index (χ4n) is 4.05. The summed E-state index contributed by atoms with van der Waals surface area (Å²) in [5.41, 5.74) is 1.66. The van der Waals surface area contributed by atoms with Gasteiger partial charge in [0.2, 0.25) is 5.95 Å². The van der Waals surface area contributed by atoms with Crippen LogP contribution < -0.4 is 15.5 Å². The van der Waals surface area contributed by atoms with E-state index in [1.54, 1.807) is 36.1 Å². The lowest BCUT2D eigenvalue weighted by Gasteiger charge is -2.30. The van der Waals surface area contributed by atoms with Crippen LogP contribution in [0.2, 0.25) is 0 Å². The van der Waals surface area contributed by atoms with Gasteiger partial charge in [-0.25, -0.2) is 9.50 Å². The zero-order chi connectivity index (χ0) is 19.3. The van der Waals surface area contributed by atoms with Crippen molar-refractivity contribution in [3.8, 4) is 6.07 Å². The maximum absolute atomic E-state index is 12.8. The van der Waals surface area contributed by atoms with E-state index in [0.717, 1.165) is 25.2 Å². The Bertz CT molecular complexity index is 1100. The van der Waals surface area contributed by atoms with Crippen molar-refractivity contribution >= 4 is 23.1 Å². The molecule has 142 valence electrons. The molecule has 2 N–H and O–H groups in total. The molecule has 10 heteroatoms. The Morgan fingerprint density at radius 1 is 1.36 bits per heavy atom. The van der Waals surface area contributed by atoms with Gasteiger partial charge in [0.25, 0.3) is 5.91 Å². The van der Waals surface area contributed by atoms with Gasteiger partial charge in [-0.15, -0.1) is 5.10 Å². The molecule has 3 aromatic rings. The van der Waals surface area contributed by atoms with Crippen LogP contribution in [-0.2, 0) is 7.05 Å². The number of hydrogen-bond donors (Lipinski definition) is 2. The van der Waals surface area contributed by atoms with Crippen molar-refractivity contribution in [3.63, 3.8) is 0 Å². The Kier molecular flexibility index (Phi) is 3.77. The van der Waals surface area contributed by atoms with E-state index in [4.69, 9.17) is 5.26 Å². The topological polar surface area (TPSA) is 116 Å². The number of carbonyl (C=O) groups is 1. The summed E-state index contributed by atoms with van der Waals surface area (Å²) in [7, 11) is 1.70. The van der Waals surface area contributed by atoms with Crippen LogP contribution in [0.3, 0.4) is 0 Å². The van der Waals surface area contributed by atoms with Crippen molar-refractivity contribution < 1.29 is 4.79 Å². The summed E-state index contributed by atoms with van der Waals surface area (Å²) in [6.07, 6.45) is 4.53. The van der Waals surface area contributed by atoms with Gasteiger partial charge in [-0.2, -0.15) is 10.4 Å². The molecule has 2 bridgehead atoms. The van der Waals surface area contributed by atoms with Crippen LogP contribution in [0.5, 0.6) is 0 Å². The van der Waals surface area contributed by atoms with Crippen molar-refractivity contribution in [2.75, 3.05) is 29.9 Å². The molecule has 2 atom stereocenters. The van der Waals surface area contributed by atoms with Crippen LogP contribution >= 0.6 is 0 Å². The molecule has 2 saturated heterocycles. The molecule has 0 aliphatic carbocycles. The average Bonchev–Trinajstić information content (AvgIpc) is 3.37. The van der Waals surface area contributed by atoms with Crippen LogP contribution in [-0.4, -0.2) is 56.0 Å². The number of carbonyl (C=O) groups excluding carboxylic acids is 1. The van der Waals surface area contributed by atoms with E-state index in [-0.39, 0.29) is 11.6 Å². The summed E-state index contributed by atoms with van der Waals surface area (Å²) < 4.78 is 3.09. The quantitative estimate of drug-likeness (QED) is 0.678. The Morgan fingerprint density at radius 2 is 2.25 bits per heavy atom. The lowest BCUT2D eigenvalue weighted by molar-refractivity contribution is 0.102. The highest BCUT2D eigenvalue weighted by Crippen LogP contribution is 2.25. The number of rotatable bonds is 3. The number of fused-ring (bicyclic) bond motifs is 3. The van der Waals surface area contributed by atoms with Gasteiger partial charge in [-0.3, -0.25) is 9.48 Å². The molecular formula is C18H19N9O. The van der Waals surface area contributed by atoms with Crippen LogP contribution in [0.1, 0.15) is 22.6 Å². The standard InChI is InChI=1S/C18H19N9O/c1-25-10-15(14(5-19)23-25)22-17(28)16-3-2-13-7-21-18(24-27(13)16)26-8-11-4-12(9-26)20-6-11/h2-3,7,10-12,20H,4,6,8-9H2,1H3,(H,22,28). The zero-order valence-corrected chi connectivity index (χ0v) is 15.3. The number of hydrogen-bond acceptors (Lipinski definition) is 7. The normalized spacial score (nSPS) is 21.1. The van der Waals surface area contributed by atoms with Crippen LogP contribution in [0.25, 0.3) is 5.52 Å². The molecule has 0 aromatic carbocycles. The van der Waals surface area contributed by atoms with Gasteiger partial charge in [-0.1, -0.05) is 0 Å². The summed E-state index contributed by atoms with van der Waals surface area (Å²) >= 11 is 0. The first-order valence-electron chi connectivity index (χ1n) is 9.19. The summed E-state index contributed by atoms with van der Waals surface area (Å²) in [5, 5.41) is 24.1. The van der Waals surface area contributed by atoms with E-state index in [1.165, 1.54) is 11.1 Å². The third kappa shape index (κ3) is 2.76. The van der Waals surface area contributed by atoms with Gasteiger partial charge in [0, 0.05) is 38.9 Å². The lowest BCUT2D eigenvalue weighted by atomic mass is 10.0. The highest BCUT2D eigenvalue weighted by molar-refractivity contribution is 6.04. The number of nitrogens with one attached hydrogen (secondary N) is 2. The van der Waals surface area contributed by atoms with E-state index in [2.05, 4.69) is 30.7 Å². The molecule has 2 aliphatic rings. The molecule has 0 saturated carbocycles. The minimum absolute atomic E-state index is 0.170. The maximum Gasteiger partial charge on any atom is 0.274 e. The van der Waals surface area contributed by atoms with Gasteiger partial charge in [0.05, 0.1) is 17.4 Å². The summed E-state index contributed by atoms with van der Waals surface area (Å²) in [6.45, 7) is 2.82. The summed E-state index contributed by atoms with van der Waals surface area (Å²) in [6, 6.07) is 5.95. The first-order valence-corrected chi connectivity index (χ1v) is 9.19. The Morgan fingerprint density at radius 3 is 3.07 bits per heavy atom. The van der Waals surface area contributed by atoms with Gasteiger partial charge in [-0.05, 0) is 24.5 Å². The molecule has 5 rings (SSSR count). The number of nitriles is 1. The number of amides is 1. The van der Waals surface area contributed by atoms with E-state index < -0.39 is 0 Å². The third-order valence-electron chi connectivity index (χ3n) is 5.32. The molecular weight excluding hydrogens is 358 g/mol. The molecule has 2 unspecified atom stereocenters. The fourth-order valence-corrected chi connectivity index (χ4v) is 4.05. The number of aryl methyl sites for hydroxylation is 1. The second kappa shape index (κ2) is 6.31. The number of piperidine rings is 1. The van der Waals surface area contributed by atoms with Crippen molar-refractivity contribution in [3.05, 3.63) is 35.9 Å². The van der Waals surface area contributed by atoms with Gasteiger partial charge >= 0.3 is 0 Å². The minimum Gasteiger partial charge on any atom is -0.338 e. The van der Waals surface area contributed by atoms with Gasteiger partial charge in [0.15, 0.2) is 5.69 Å². The molecule has 0 radical (unpaired) electrons. The zero-order valence-electron chi connectivity index (χ0n) is 15.3. The molecule has 0 spiro atoms. The van der Waals surface area contributed by atoms with E-state index >= 15 is 0 Å². The number of nitrogens with zero attached hydrogens (tertiary/aromatic N) is 7. The summed E-state index contributed by atoms with van der Waals surface area (Å²) in [4.78, 5) is 19.5. The summed E-state index contributed by atoms with van der Waals surface area (Å²) in [5.74, 6) is 0.880. The smallest absolute Gasteiger partial charge is 0.274 e. The fraction of sp³-hybridized carbons (Fsp3) is 0.389. The largest absolute Gasteiger partial charge is 0.338 e. The molecule has 2 aliphatic heterocycles. The molecule has 1 amide bonds. The Labute approximate surface area is 160 Å². The highest BCUT2D eigenvalue weighted by Gasteiger charge is 2.33. The van der Waals surface area contributed by atoms with Crippen LogP contribution in [0.15, 0.2) is 24.5 Å². The van der Waals surface area contributed by atoms with E-state index in [9.17, 15) is 4.79 Å². The third-order valence-corrected chi connectivity index (χ3v) is 5.32. The predicted octanol–water partition coefficient (Wildman–Crippen LogP) is 0.385. The highest BCUT2D eigenvalue weighted by atomic mass is 16.2. The first kappa shape index (κ1) is 16.7. The van der Waals surface area contributed by atoms with Gasteiger partial charge < -0.3 is 15.5 Å². The molecule has 5 heterocycles. The second-order valence-corrected chi connectivity index (χ2v) is 7.36. The van der Waals surface area contributed by atoms with Crippen LogP contribution in [0, 0.1) is 17.2 Å². The SMILES string of the molecule is Cn1cc(NC(=O)c2ccc3cnc(N4CC5CNC(C5)C4)nn23)c(C#N)n1. The van der Waals surface area contributed by atoms with Crippen molar-refractivity contribution in [1.82, 2.24) is 29.7 Å².